The summed E-state index contributed by atoms with van der Waals surface area (Å²) < 4.78 is 0. The van der Waals surface area contributed by atoms with Gasteiger partial charge < -0.3 is 20.9 Å². The van der Waals surface area contributed by atoms with Crippen LogP contribution < -0.4 is 11.1 Å². The largest absolute Gasteiger partial charge is 0.399 e. The molecule has 0 aromatic heterocycles. The average molecular weight is 278 g/mol. The standard InChI is InChI=1S/C15H26N4O/c1-12(2)11-19(9-8-18(3)4)15(20)17-14-7-5-6-13(16)10-14/h5-7,10,12H,8-9,11,16H2,1-4H3,(H,17,20). The summed E-state index contributed by atoms with van der Waals surface area (Å²) in [5.41, 5.74) is 7.09. The topological polar surface area (TPSA) is 61.6 Å². The number of anilines is 2. The number of nitrogens with zero attached hydrogens (tertiary/aromatic N) is 2. The van der Waals surface area contributed by atoms with Crippen molar-refractivity contribution in [1.29, 1.82) is 0 Å². The molecule has 2 amide bonds. The van der Waals surface area contributed by atoms with Crippen LogP contribution in [-0.4, -0.2) is 49.6 Å². The van der Waals surface area contributed by atoms with Crippen molar-refractivity contribution in [3.05, 3.63) is 24.3 Å². The highest BCUT2D eigenvalue weighted by Gasteiger charge is 2.15. The van der Waals surface area contributed by atoms with Crippen LogP contribution in [0.3, 0.4) is 0 Å². The lowest BCUT2D eigenvalue weighted by Crippen LogP contribution is -2.41. The van der Waals surface area contributed by atoms with Crippen LogP contribution in [0.15, 0.2) is 24.3 Å². The minimum absolute atomic E-state index is 0.0776. The maximum atomic E-state index is 12.3. The van der Waals surface area contributed by atoms with E-state index in [1.165, 1.54) is 0 Å². The van der Waals surface area contributed by atoms with Crippen LogP contribution in [0.1, 0.15) is 13.8 Å². The summed E-state index contributed by atoms with van der Waals surface area (Å²) in [7, 11) is 4.01. The molecule has 0 spiro atoms. The molecule has 0 unspecified atom stereocenters. The van der Waals surface area contributed by atoms with Crippen molar-refractivity contribution in [2.24, 2.45) is 5.92 Å². The molecule has 0 saturated carbocycles. The van der Waals surface area contributed by atoms with Gasteiger partial charge in [0.1, 0.15) is 0 Å². The summed E-state index contributed by atoms with van der Waals surface area (Å²) >= 11 is 0. The first-order chi connectivity index (χ1) is 9.38. The summed E-state index contributed by atoms with van der Waals surface area (Å²) in [6, 6.07) is 7.15. The monoisotopic (exact) mass is 278 g/mol. The summed E-state index contributed by atoms with van der Waals surface area (Å²) in [5.74, 6) is 0.434. The predicted octanol–water partition coefficient (Wildman–Crippen LogP) is 2.32. The van der Waals surface area contributed by atoms with E-state index >= 15 is 0 Å². The molecule has 3 N–H and O–H groups in total. The van der Waals surface area contributed by atoms with Crippen LogP contribution in [-0.2, 0) is 0 Å². The van der Waals surface area contributed by atoms with Gasteiger partial charge in [-0.3, -0.25) is 0 Å². The summed E-state index contributed by atoms with van der Waals surface area (Å²) in [6.45, 7) is 6.51. The van der Waals surface area contributed by atoms with Crippen molar-refractivity contribution >= 4 is 17.4 Å². The SMILES string of the molecule is CC(C)CN(CCN(C)C)C(=O)Nc1cccc(N)c1. The van der Waals surface area contributed by atoms with Gasteiger partial charge in [-0.15, -0.1) is 0 Å². The second-order valence-electron chi connectivity index (χ2n) is 5.70. The summed E-state index contributed by atoms with van der Waals surface area (Å²) in [4.78, 5) is 16.2. The van der Waals surface area contributed by atoms with Crippen LogP contribution >= 0.6 is 0 Å². The zero-order chi connectivity index (χ0) is 15.1. The van der Waals surface area contributed by atoms with E-state index in [4.69, 9.17) is 5.73 Å². The number of amides is 2. The molecule has 0 atom stereocenters. The zero-order valence-corrected chi connectivity index (χ0v) is 12.9. The normalized spacial score (nSPS) is 10.9. The molecule has 0 aliphatic carbocycles. The number of carbonyl (C=O) groups is 1. The maximum absolute atomic E-state index is 12.3. The predicted molar refractivity (Wildman–Crippen MR) is 84.8 cm³/mol. The third-order valence-electron chi connectivity index (χ3n) is 2.83. The number of benzene rings is 1. The molecule has 1 aromatic carbocycles. The number of likely N-dealkylation sites (N-methyl/N-ethyl adjacent to an activating group) is 1. The molecule has 5 heteroatoms. The van der Waals surface area contributed by atoms with Gasteiger partial charge in [0.15, 0.2) is 0 Å². The molecule has 5 nitrogen and oxygen atoms in total. The summed E-state index contributed by atoms with van der Waals surface area (Å²) in [5, 5.41) is 2.90. The Balaban J connectivity index is 2.66. The lowest BCUT2D eigenvalue weighted by molar-refractivity contribution is 0.197. The quantitative estimate of drug-likeness (QED) is 0.785. The van der Waals surface area contributed by atoms with Crippen molar-refractivity contribution in [3.8, 4) is 0 Å². The highest BCUT2D eigenvalue weighted by atomic mass is 16.2. The smallest absolute Gasteiger partial charge is 0.321 e. The zero-order valence-electron chi connectivity index (χ0n) is 12.9. The van der Waals surface area contributed by atoms with Crippen LogP contribution in [0.5, 0.6) is 0 Å². The third kappa shape index (κ3) is 5.93. The van der Waals surface area contributed by atoms with E-state index in [-0.39, 0.29) is 6.03 Å². The van der Waals surface area contributed by atoms with E-state index in [9.17, 15) is 4.79 Å². The van der Waals surface area contributed by atoms with Gasteiger partial charge in [-0.05, 0) is 38.2 Å². The summed E-state index contributed by atoms with van der Waals surface area (Å²) in [6.07, 6.45) is 0. The Morgan fingerprint density at radius 2 is 2.00 bits per heavy atom. The van der Waals surface area contributed by atoms with Crippen molar-refractivity contribution in [3.63, 3.8) is 0 Å². The van der Waals surface area contributed by atoms with Gasteiger partial charge in [0.25, 0.3) is 0 Å². The number of nitrogen functional groups attached to an aromatic ring is 1. The molecule has 0 bridgehead atoms. The van der Waals surface area contributed by atoms with Crippen LogP contribution in [0.4, 0.5) is 16.2 Å². The fourth-order valence-corrected chi connectivity index (χ4v) is 1.86. The Morgan fingerprint density at radius 1 is 1.30 bits per heavy atom. The van der Waals surface area contributed by atoms with E-state index in [1.54, 1.807) is 12.1 Å². The molecular weight excluding hydrogens is 252 g/mol. The number of nitrogens with one attached hydrogen (secondary N) is 1. The number of hydrogen-bond acceptors (Lipinski definition) is 3. The Labute approximate surface area is 121 Å². The molecule has 0 aliphatic heterocycles. The number of rotatable bonds is 6. The van der Waals surface area contributed by atoms with Gasteiger partial charge in [-0.25, -0.2) is 4.79 Å². The van der Waals surface area contributed by atoms with Crippen molar-refractivity contribution < 1.29 is 4.79 Å². The molecule has 0 radical (unpaired) electrons. The number of nitrogens with two attached hydrogens (primary N) is 1. The first-order valence-electron chi connectivity index (χ1n) is 6.94. The highest BCUT2D eigenvalue weighted by molar-refractivity contribution is 5.89. The van der Waals surface area contributed by atoms with E-state index in [0.717, 1.165) is 18.8 Å². The Hall–Kier alpha value is -1.75. The van der Waals surface area contributed by atoms with Crippen LogP contribution in [0, 0.1) is 5.92 Å². The van der Waals surface area contributed by atoms with Crippen molar-refractivity contribution in [2.45, 2.75) is 13.8 Å². The lowest BCUT2D eigenvalue weighted by Gasteiger charge is -2.26. The van der Waals surface area contributed by atoms with Crippen molar-refractivity contribution in [2.75, 3.05) is 44.8 Å². The molecule has 0 aliphatic rings. The third-order valence-corrected chi connectivity index (χ3v) is 2.83. The van der Waals surface area contributed by atoms with Gasteiger partial charge in [-0.2, -0.15) is 0 Å². The molecule has 20 heavy (non-hydrogen) atoms. The fraction of sp³-hybridized carbons (Fsp3) is 0.533. The second kappa shape index (κ2) is 7.75. The van der Waals surface area contributed by atoms with E-state index in [0.29, 0.717) is 18.2 Å². The molecular formula is C15H26N4O. The molecule has 0 heterocycles. The van der Waals surface area contributed by atoms with Gasteiger partial charge in [-0.1, -0.05) is 19.9 Å². The van der Waals surface area contributed by atoms with E-state index in [2.05, 4.69) is 24.1 Å². The maximum Gasteiger partial charge on any atom is 0.321 e. The highest BCUT2D eigenvalue weighted by Crippen LogP contribution is 2.13. The van der Waals surface area contributed by atoms with E-state index in [1.807, 2.05) is 31.1 Å². The van der Waals surface area contributed by atoms with Crippen LogP contribution in [0.2, 0.25) is 0 Å². The Morgan fingerprint density at radius 3 is 2.55 bits per heavy atom. The minimum Gasteiger partial charge on any atom is -0.399 e. The van der Waals surface area contributed by atoms with Crippen molar-refractivity contribution in [1.82, 2.24) is 9.80 Å². The first kappa shape index (κ1) is 16.3. The first-order valence-corrected chi connectivity index (χ1v) is 6.94. The number of hydrogen-bond donors (Lipinski definition) is 2. The molecule has 0 fully saturated rings. The number of urea groups is 1. The number of carbonyl (C=O) groups excluding carboxylic acids is 1. The average Bonchev–Trinajstić information content (AvgIpc) is 2.33. The fourth-order valence-electron chi connectivity index (χ4n) is 1.86. The lowest BCUT2D eigenvalue weighted by atomic mass is 10.2. The Kier molecular flexibility index (Phi) is 6.31. The second-order valence-corrected chi connectivity index (χ2v) is 5.70. The molecule has 0 saturated heterocycles. The molecule has 112 valence electrons. The molecule has 1 rings (SSSR count). The minimum atomic E-state index is -0.0776. The van der Waals surface area contributed by atoms with E-state index < -0.39 is 0 Å². The van der Waals surface area contributed by atoms with Gasteiger partial charge >= 0.3 is 6.03 Å². The van der Waals surface area contributed by atoms with Gasteiger partial charge in [0.05, 0.1) is 0 Å². The molecule has 1 aromatic rings. The van der Waals surface area contributed by atoms with Crippen LogP contribution in [0.25, 0.3) is 0 Å². The Bertz CT molecular complexity index is 432. The van der Waals surface area contributed by atoms with Gasteiger partial charge in [0.2, 0.25) is 0 Å². The van der Waals surface area contributed by atoms with Gasteiger partial charge in [0, 0.05) is 31.0 Å².